The van der Waals surface area contributed by atoms with Gasteiger partial charge in [-0.05, 0) is 12.3 Å². The lowest BCUT2D eigenvalue weighted by Gasteiger charge is -2.06. The quantitative estimate of drug-likeness (QED) is 0.743. The summed E-state index contributed by atoms with van der Waals surface area (Å²) in [5.74, 6) is -0.661. The van der Waals surface area contributed by atoms with Gasteiger partial charge in [-0.2, -0.15) is 0 Å². The zero-order chi connectivity index (χ0) is 11.4. The van der Waals surface area contributed by atoms with Crippen molar-refractivity contribution in [3.63, 3.8) is 0 Å². The molecule has 0 radical (unpaired) electrons. The third-order valence-electron chi connectivity index (χ3n) is 1.94. The van der Waals surface area contributed by atoms with E-state index < -0.39 is 5.97 Å². The van der Waals surface area contributed by atoms with Gasteiger partial charge in [-0.1, -0.05) is 25.1 Å². The minimum atomic E-state index is -1.03. The molecule has 1 rings (SSSR count). The Morgan fingerprint density at radius 1 is 1.67 bits per heavy atom. The molecule has 5 nitrogen and oxygen atoms in total. The largest absolute Gasteiger partial charge is 0.476 e. The Morgan fingerprint density at radius 2 is 2.33 bits per heavy atom. The number of carboxylic acids is 1. The first-order valence-corrected chi connectivity index (χ1v) is 4.82. The highest BCUT2D eigenvalue weighted by atomic mass is 16.4. The van der Waals surface area contributed by atoms with E-state index in [4.69, 9.17) is 5.11 Å². The second-order valence-corrected chi connectivity index (χ2v) is 3.76. The topological polar surface area (TPSA) is 68.0 Å². The standard InChI is InChI=1S/C10H15N3O2/c1-4-5-13-8(6-7(2)3)9(10(14)15)11-12-13/h4,7H,1,5-6H2,2-3H3,(H,14,15). The van der Waals surface area contributed by atoms with Crippen LogP contribution in [0.25, 0.3) is 0 Å². The molecule has 0 saturated heterocycles. The van der Waals surface area contributed by atoms with Crippen LogP contribution in [0.2, 0.25) is 0 Å². The predicted molar refractivity (Wildman–Crippen MR) is 55.7 cm³/mol. The third kappa shape index (κ3) is 2.65. The lowest BCUT2D eigenvalue weighted by atomic mass is 10.1. The van der Waals surface area contributed by atoms with E-state index in [-0.39, 0.29) is 5.69 Å². The van der Waals surface area contributed by atoms with Gasteiger partial charge >= 0.3 is 5.97 Å². The molecule has 0 aliphatic carbocycles. The molecule has 0 bridgehead atoms. The van der Waals surface area contributed by atoms with Crippen LogP contribution in [-0.4, -0.2) is 26.1 Å². The lowest BCUT2D eigenvalue weighted by molar-refractivity contribution is 0.0689. The van der Waals surface area contributed by atoms with Gasteiger partial charge in [0, 0.05) is 0 Å². The van der Waals surface area contributed by atoms with Crippen LogP contribution in [0.15, 0.2) is 12.7 Å². The molecular formula is C10H15N3O2. The summed E-state index contributed by atoms with van der Waals surface area (Å²) in [7, 11) is 0. The minimum Gasteiger partial charge on any atom is -0.476 e. The Kier molecular flexibility index (Phi) is 3.60. The summed E-state index contributed by atoms with van der Waals surface area (Å²) in [6.45, 7) is 8.13. The molecule has 0 fully saturated rings. The Morgan fingerprint density at radius 3 is 2.80 bits per heavy atom. The molecular weight excluding hydrogens is 194 g/mol. The molecule has 5 heteroatoms. The normalized spacial score (nSPS) is 10.6. The van der Waals surface area contributed by atoms with Crippen LogP contribution in [0.3, 0.4) is 0 Å². The van der Waals surface area contributed by atoms with E-state index in [1.54, 1.807) is 10.8 Å². The highest BCUT2D eigenvalue weighted by molar-refractivity contribution is 5.86. The van der Waals surface area contributed by atoms with Crippen molar-refractivity contribution < 1.29 is 9.90 Å². The van der Waals surface area contributed by atoms with Crippen molar-refractivity contribution in [3.05, 3.63) is 24.0 Å². The fraction of sp³-hybridized carbons (Fsp3) is 0.500. The van der Waals surface area contributed by atoms with Crippen LogP contribution in [0.4, 0.5) is 0 Å². The van der Waals surface area contributed by atoms with Gasteiger partial charge in [-0.15, -0.1) is 11.7 Å². The average Bonchev–Trinajstić information content (AvgIpc) is 2.48. The van der Waals surface area contributed by atoms with Gasteiger partial charge in [0.05, 0.1) is 12.2 Å². The molecule has 0 amide bonds. The molecule has 15 heavy (non-hydrogen) atoms. The van der Waals surface area contributed by atoms with Crippen LogP contribution in [-0.2, 0) is 13.0 Å². The molecule has 0 aliphatic heterocycles. The molecule has 1 N–H and O–H groups in total. The highest BCUT2D eigenvalue weighted by Gasteiger charge is 2.18. The van der Waals surface area contributed by atoms with E-state index in [0.29, 0.717) is 24.6 Å². The van der Waals surface area contributed by atoms with Crippen molar-refractivity contribution >= 4 is 5.97 Å². The molecule has 0 spiro atoms. The summed E-state index contributed by atoms with van der Waals surface area (Å²) in [4.78, 5) is 10.9. The van der Waals surface area contributed by atoms with E-state index in [9.17, 15) is 4.79 Å². The van der Waals surface area contributed by atoms with Crippen LogP contribution in [0.5, 0.6) is 0 Å². The van der Waals surface area contributed by atoms with Gasteiger partial charge in [0.25, 0.3) is 0 Å². The number of nitrogens with zero attached hydrogens (tertiary/aromatic N) is 3. The summed E-state index contributed by atoms with van der Waals surface area (Å²) in [6, 6.07) is 0. The Balaban J connectivity index is 3.07. The zero-order valence-electron chi connectivity index (χ0n) is 8.97. The Hall–Kier alpha value is -1.65. The second-order valence-electron chi connectivity index (χ2n) is 3.76. The summed E-state index contributed by atoms with van der Waals surface area (Å²) in [5.41, 5.74) is 0.711. The van der Waals surface area contributed by atoms with E-state index in [2.05, 4.69) is 16.9 Å². The third-order valence-corrected chi connectivity index (χ3v) is 1.94. The maximum Gasteiger partial charge on any atom is 0.358 e. The van der Waals surface area contributed by atoms with Crippen LogP contribution in [0.1, 0.15) is 30.0 Å². The van der Waals surface area contributed by atoms with Crippen molar-refractivity contribution in [2.75, 3.05) is 0 Å². The van der Waals surface area contributed by atoms with Crippen molar-refractivity contribution in [2.24, 2.45) is 5.92 Å². The summed E-state index contributed by atoms with van der Waals surface area (Å²) >= 11 is 0. The fourth-order valence-electron chi connectivity index (χ4n) is 1.36. The monoisotopic (exact) mass is 209 g/mol. The molecule has 1 aromatic heterocycles. The van der Waals surface area contributed by atoms with Gasteiger partial charge in [0.15, 0.2) is 5.69 Å². The second kappa shape index (κ2) is 4.72. The van der Waals surface area contributed by atoms with Gasteiger partial charge in [0.2, 0.25) is 0 Å². The summed E-state index contributed by atoms with van der Waals surface area (Å²) in [6.07, 6.45) is 2.33. The molecule has 0 unspecified atom stereocenters. The minimum absolute atomic E-state index is 0.0468. The van der Waals surface area contributed by atoms with E-state index in [1.807, 2.05) is 13.8 Å². The van der Waals surface area contributed by atoms with E-state index in [0.717, 1.165) is 0 Å². The van der Waals surface area contributed by atoms with E-state index in [1.165, 1.54) is 0 Å². The van der Waals surface area contributed by atoms with Crippen LogP contribution < -0.4 is 0 Å². The molecule has 1 heterocycles. The Labute approximate surface area is 88.4 Å². The molecule has 0 atom stereocenters. The van der Waals surface area contributed by atoms with E-state index >= 15 is 0 Å². The van der Waals surface area contributed by atoms with Crippen molar-refractivity contribution in [3.8, 4) is 0 Å². The highest BCUT2D eigenvalue weighted by Crippen LogP contribution is 2.11. The molecule has 82 valence electrons. The predicted octanol–water partition coefficient (Wildman–Crippen LogP) is 1.36. The molecule has 0 aromatic carbocycles. The fourth-order valence-corrected chi connectivity index (χ4v) is 1.36. The van der Waals surface area contributed by atoms with Crippen LogP contribution >= 0.6 is 0 Å². The number of carboxylic acid groups (broad SMARTS) is 1. The van der Waals surface area contributed by atoms with Gasteiger partial charge in [0.1, 0.15) is 0 Å². The molecule has 0 aliphatic rings. The van der Waals surface area contributed by atoms with Gasteiger partial charge < -0.3 is 5.11 Å². The first kappa shape index (κ1) is 11.4. The number of hydrogen-bond donors (Lipinski definition) is 1. The number of carbonyl (C=O) groups is 1. The number of allylic oxidation sites excluding steroid dienone is 1. The first-order chi connectivity index (χ1) is 7.06. The number of rotatable bonds is 5. The van der Waals surface area contributed by atoms with Gasteiger partial charge in [-0.3, -0.25) is 0 Å². The zero-order valence-corrected chi connectivity index (χ0v) is 8.97. The summed E-state index contributed by atoms with van der Waals surface area (Å²) in [5, 5.41) is 16.4. The van der Waals surface area contributed by atoms with Crippen LogP contribution in [0, 0.1) is 5.92 Å². The molecule has 0 saturated carbocycles. The smallest absolute Gasteiger partial charge is 0.358 e. The van der Waals surface area contributed by atoms with Crippen molar-refractivity contribution in [2.45, 2.75) is 26.8 Å². The summed E-state index contributed by atoms with van der Waals surface area (Å²) < 4.78 is 1.58. The first-order valence-electron chi connectivity index (χ1n) is 4.82. The van der Waals surface area contributed by atoms with Crippen molar-refractivity contribution in [1.29, 1.82) is 0 Å². The maximum absolute atomic E-state index is 10.9. The van der Waals surface area contributed by atoms with Gasteiger partial charge in [-0.25, -0.2) is 9.48 Å². The average molecular weight is 209 g/mol. The molecule has 1 aromatic rings. The lowest BCUT2D eigenvalue weighted by Crippen LogP contribution is -2.10. The number of aromatic carboxylic acids is 1. The Bertz CT molecular complexity index is 369. The number of aromatic nitrogens is 3. The maximum atomic E-state index is 10.9. The number of hydrogen-bond acceptors (Lipinski definition) is 3. The van der Waals surface area contributed by atoms with Crippen molar-refractivity contribution in [1.82, 2.24) is 15.0 Å². The SMILES string of the molecule is C=CCn1nnc(C(=O)O)c1CC(C)C.